The van der Waals surface area contributed by atoms with E-state index in [9.17, 15) is 4.79 Å². The first-order valence-corrected chi connectivity index (χ1v) is 5.82. The molecule has 1 aliphatic rings. The Kier molecular flexibility index (Phi) is 3.76. The third-order valence-electron chi connectivity index (χ3n) is 2.79. The maximum atomic E-state index is 11.6. The van der Waals surface area contributed by atoms with Crippen LogP contribution in [-0.4, -0.2) is 17.1 Å². The average Bonchev–Trinajstić information content (AvgIpc) is 2.73. The molecule has 0 bridgehead atoms. The SMILES string of the molecule is CC(O)CCC(=O)Nc1ccc2c(c1)COC2. The molecule has 0 spiro atoms. The van der Waals surface area contributed by atoms with Gasteiger partial charge in [-0.3, -0.25) is 4.79 Å². The fourth-order valence-corrected chi connectivity index (χ4v) is 1.81. The Labute approximate surface area is 101 Å². The molecular weight excluding hydrogens is 218 g/mol. The summed E-state index contributed by atoms with van der Waals surface area (Å²) in [6.45, 7) is 2.96. The molecule has 1 aliphatic heterocycles. The summed E-state index contributed by atoms with van der Waals surface area (Å²) in [5.41, 5.74) is 3.12. The van der Waals surface area contributed by atoms with Crippen molar-refractivity contribution in [2.45, 2.75) is 39.1 Å². The molecule has 0 saturated heterocycles. The van der Waals surface area contributed by atoms with Crippen LogP contribution in [-0.2, 0) is 22.7 Å². The van der Waals surface area contributed by atoms with Gasteiger partial charge in [-0.15, -0.1) is 0 Å². The molecule has 0 aliphatic carbocycles. The fraction of sp³-hybridized carbons (Fsp3) is 0.462. The molecule has 1 aromatic carbocycles. The van der Waals surface area contributed by atoms with Crippen LogP contribution in [0.3, 0.4) is 0 Å². The number of aliphatic hydroxyl groups is 1. The Balaban J connectivity index is 1.92. The number of rotatable bonds is 4. The van der Waals surface area contributed by atoms with Crippen molar-refractivity contribution in [3.05, 3.63) is 29.3 Å². The minimum absolute atomic E-state index is 0.0650. The van der Waals surface area contributed by atoms with Crippen LogP contribution in [0.2, 0.25) is 0 Å². The van der Waals surface area contributed by atoms with Crippen LogP contribution < -0.4 is 5.32 Å². The molecule has 4 nitrogen and oxygen atoms in total. The van der Waals surface area contributed by atoms with Gasteiger partial charge >= 0.3 is 0 Å². The molecule has 1 unspecified atom stereocenters. The van der Waals surface area contributed by atoms with Gasteiger partial charge in [0.1, 0.15) is 0 Å². The lowest BCUT2D eigenvalue weighted by Crippen LogP contribution is -2.14. The minimum Gasteiger partial charge on any atom is -0.393 e. The maximum absolute atomic E-state index is 11.6. The molecule has 0 aromatic heterocycles. The van der Waals surface area contributed by atoms with Gasteiger partial charge in [-0.1, -0.05) is 6.07 Å². The quantitative estimate of drug-likeness (QED) is 0.836. The molecule has 1 atom stereocenters. The van der Waals surface area contributed by atoms with Gasteiger partial charge in [0.15, 0.2) is 0 Å². The van der Waals surface area contributed by atoms with E-state index in [1.54, 1.807) is 6.92 Å². The third kappa shape index (κ3) is 3.28. The molecule has 2 rings (SSSR count). The second-order valence-corrected chi connectivity index (χ2v) is 4.41. The summed E-state index contributed by atoms with van der Waals surface area (Å²) in [4.78, 5) is 11.6. The summed E-state index contributed by atoms with van der Waals surface area (Å²) in [6.07, 6.45) is 0.389. The number of amides is 1. The number of aliphatic hydroxyl groups excluding tert-OH is 1. The molecule has 17 heavy (non-hydrogen) atoms. The van der Waals surface area contributed by atoms with Crippen LogP contribution in [0.4, 0.5) is 5.69 Å². The van der Waals surface area contributed by atoms with Crippen LogP contribution in [0.15, 0.2) is 18.2 Å². The van der Waals surface area contributed by atoms with Gasteiger partial charge in [-0.05, 0) is 36.6 Å². The van der Waals surface area contributed by atoms with Crippen molar-refractivity contribution >= 4 is 11.6 Å². The van der Waals surface area contributed by atoms with Crippen LogP contribution in [0.5, 0.6) is 0 Å². The van der Waals surface area contributed by atoms with Crippen molar-refractivity contribution in [3.63, 3.8) is 0 Å². The van der Waals surface area contributed by atoms with Crippen LogP contribution in [0.25, 0.3) is 0 Å². The zero-order chi connectivity index (χ0) is 12.3. The molecule has 2 N–H and O–H groups in total. The maximum Gasteiger partial charge on any atom is 0.224 e. The Morgan fingerprint density at radius 3 is 3.00 bits per heavy atom. The smallest absolute Gasteiger partial charge is 0.224 e. The van der Waals surface area contributed by atoms with Crippen LogP contribution in [0, 0.1) is 0 Å². The van der Waals surface area contributed by atoms with Gasteiger partial charge in [0.2, 0.25) is 5.91 Å². The zero-order valence-electron chi connectivity index (χ0n) is 9.90. The number of carbonyl (C=O) groups excluding carboxylic acids is 1. The summed E-state index contributed by atoms with van der Waals surface area (Å²) >= 11 is 0. The van der Waals surface area contributed by atoms with Crippen molar-refractivity contribution in [2.24, 2.45) is 0 Å². The highest BCUT2D eigenvalue weighted by Crippen LogP contribution is 2.23. The van der Waals surface area contributed by atoms with E-state index in [4.69, 9.17) is 9.84 Å². The van der Waals surface area contributed by atoms with Gasteiger partial charge in [0.05, 0.1) is 19.3 Å². The normalized spacial score (nSPS) is 15.4. The van der Waals surface area contributed by atoms with Gasteiger partial charge in [-0.2, -0.15) is 0 Å². The number of hydrogen-bond acceptors (Lipinski definition) is 3. The van der Waals surface area contributed by atoms with E-state index >= 15 is 0 Å². The number of hydrogen-bond donors (Lipinski definition) is 2. The largest absolute Gasteiger partial charge is 0.393 e. The van der Waals surface area contributed by atoms with Gasteiger partial charge in [-0.25, -0.2) is 0 Å². The van der Waals surface area contributed by atoms with Crippen molar-refractivity contribution in [3.8, 4) is 0 Å². The first kappa shape index (κ1) is 12.1. The monoisotopic (exact) mass is 235 g/mol. The number of anilines is 1. The van der Waals surface area contributed by atoms with E-state index in [0.29, 0.717) is 26.1 Å². The highest BCUT2D eigenvalue weighted by Gasteiger charge is 2.12. The van der Waals surface area contributed by atoms with E-state index < -0.39 is 6.10 Å². The standard InChI is InChI=1S/C13H17NO3/c1-9(15)2-5-13(16)14-12-4-3-10-7-17-8-11(10)6-12/h3-4,6,9,15H,2,5,7-8H2,1H3,(H,14,16). The molecule has 4 heteroatoms. The van der Waals surface area contributed by atoms with Crippen LogP contribution >= 0.6 is 0 Å². The van der Waals surface area contributed by atoms with Gasteiger partial charge in [0.25, 0.3) is 0 Å². The molecule has 0 radical (unpaired) electrons. The van der Waals surface area contributed by atoms with E-state index in [0.717, 1.165) is 11.3 Å². The molecule has 0 fully saturated rings. The fourth-order valence-electron chi connectivity index (χ4n) is 1.81. The summed E-state index contributed by atoms with van der Waals surface area (Å²) in [5.74, 6) is -0.0650. The van der Waals surface area contributed by atoms with Crippen LogP contribution in [0.1, 0.15) is 30.9 Å². The summed E-state index contributed by atoms with van der Waals surface area (Å²) in [5, 5.41) is 11.9. The van der Waals surface area contributed by atoms with Crippen molar-refractivity contribution < 1.29 is 14.6 Å². The third-order valence-corrected chi connectivity index (χ3v) is 2.79. The topological polar surface area (TPSA) is 58.6 Å². The Hall–Kier alpha value is -1.39. The summed E-state index contributed by atoms with van der Waals surface area (Å²) in [6, 6.07) is 5.81. The number of benzene rings is 1. The summed E-state index contributed by atoms with van der Waals surface area (Å²) in [7, 11) is 0. The van der Waals surface area contributed by atoms with E-state index in [-0.39, 0.29) is 5.91 Å². The molecule has 1 amide bonds. The highest BCUT2D eigenvalue weighted by molar-refractivity contribution is 5.90. The van der Waals surface area contributed by atoms with Crippen molar-refractivity contribution in [2.75, 3.05) is 5.32 Å². The predicted octanol–water partition coefficient (Wildman–Crippen LogP) is 1.82. The first-order valence-electron chi connectivity index (χ1n) is 5.82. The number of nitrogens with one attached hydrogen (secondary N) is 1. The summed E-state index contributed by atoms with van der Waals surface area (Å²) < 4.78 is 5.31. The number of fused-ring (bicyclic) bond motifs is 1. The molecule has 0 saturated carbocycles. The number of carbonyl (C=O) groups is 1. The lowest BCUT2D eigenvalue weighted by atomic mass is 10.1. The minimum atomic E-state index is -0.436. The van der Waals surface area contributed by atoms with Gasteiger partial charge < -0.3 is 15.2 Å². The molecule has 92 valence electrons. The molecule has 1 aromatic rings. The van der Waals surface area contributed by atoms with E-state index in [1.165, 1.54) is 5.56 Å². The second-order valence-electron chi connectivity index (χ2n) is 4.41. The lowest BCUT2D eigenvalue weighted by molar-refractivity contribution is -0.116. The van der Waals surface area contributed by atoms with Gasteiger partial charge in [0, 0.05) is 12.1 Å². The zero-order valence-corrected chi connectivity index (χ0v) is 9.90. The number of ether oxygens (including phenoxy) is 1. The Morgan fingerprint density at radius 2 is 2.24 bits per heavy atom. The average molecular weight is 235 g/mol. The van der Waals surface area contributed by atoms with E-state index in [1.807, 2.05) is 18.2 Å². The first-order chi connectivity index (χ1) is 8.15. The molecular formula is C13H17NO3. The Bertz CT molecular complexity index is 415. The Morgan fingerprint density at radius 1 is 1.47 bits per heavy atom. The molecule has 1 heterocycles. The second kappa shape index (κ2) is 5.29. The predicted molar refractivity (Wildman–Crippen MR) is 64.5 cm³/mol. The van der Waals surface area contributed by atoms with Crippen molar-refractivity contribution in [1.29, 1.82) is 0 Å². The van der Waals surface area contributed by atoms with Crippen molar-refractivity contribution in [1.82, 2.24) is 0 Å². The lowest BCUT2D eigenvalue weighted by Gasteiger charge is -2.07. The van der Waals surface area contributed by atoms with E-state index in [2.05, 4.69) is 5.32 Å². The highest BCUT2D eigenvalue weighted by atomic mass is 16.5.